The fraction of sp³-hybridized carbons (Fsp3) is 0.143. The number of nitrogens with one attached hydrogen (secondary N) is 1. The minimum absolute atomic E-state index is 0.0182. The SMILES string of the molecule is CP(=O)(OC[C@@H](Nc1ccc([N+](=O)[O-])c2nonc12)c1ccccc1)Oc1ccc([N+](=O)[O-])cc1. The number of benzene rings is 3. The van der Waals surface area contributed by atoms with E-state index in [0.717, 1.165) is 5.56 Å². The van der Waals surface area contributed by atoms with Crippen molar-refractivity contribution in [1.82, 2.24) is 10.3 Å². The number of aromatic nitrogens is 2. The lowest BCUT2D eigenvalue weighted by Crippen LogP contribution is -2.17. The van der Waals surface area contributed by atoms with Gasteiger partial charge in [0.2, 0.25) is 5.52 Å². The molecule has 180 valence electrons. The van der Waals surface area contributed by atoms with Gasteiger partial charge in [-0.25, -0.2) is 9.19 Å². The number of nitro groups is 2. The van der Waals surface area contributed by atoms with Crippen molar-refractivity contribution in [1.29, 1.82) is 0 Å². The van der Waals surface area contributed by atoms with Crippen LogP contribution >= 0.6 is 7.60 Å². The van der Waals surface area contributed by atoms with Gasteiger partial charge >= 0.3 is 13.3 Å². The van der Waals surface area contributed by atoms with Crippen LogP contribution in [0, 0.1) is 20.2 Å². The molecule has 0 radical (unpaired) electrons. The van der Waals surface area contributed by atoms with Crippen LogP contribution in [0.5, 0.6) is 5.75 Å². The summed E-state index contributed by atoms with van der Waals surface area (Å²) < 4.78 is 28.7. The Morgan fingerprint density at radius 2 is 1.66 bits per heavy atom. The fourth-order valence-corrected chi connectivity index (χ4v) is 4.25. The molecule has 0 aliphatic rings. The molecule has 4 rings (SSSR count). The van der Waals surface area contributed by atoms with Crippen molar-refractivity contribution in [2.24, 2.45) is 0 Å². The molecule has 14 heteroatoms. The molecular weight excluding hydrogens is 481 g/mol. The molecule has 0 amide bonds. The summed E-state index contributed by atoms with van der Waals surface area (Å²) in [6.07, 6.45) is 0. The van der Waals surface area contributed by atoms with Crippen LogP contribution < -0.4 is 9.84 Å². The zero-order valence-corrected chi connectivity index (χ0v) is 19.0. The van der Waals surface area contributed by atoms with Crippen LogP contribution in [-0.2, 0) is 9.09 Å². The number of hydrogen-bond donors (Lipinski definition) is 1. The van der Waals surface area contributed by atoms with Crippen LogP contribution in [0.1, 0.15) is 11.6 Å². The van der Waals surface area contributed by atoms with Crippen molar-refractivity contribution in [2.75, 3.05) is 18.6 Å². The van der Waals surface area contributed by atoms with Crippen LogP contribution in [0.25, 0.3) is 11.0 Å². The van der Waals surface area contributed by atoms with Crippen molar-refractivity contribution in [3.8, 4) is 5.75 Å². The Labute approximate surface area is 197 Å². The lowest BCUT2D eigenvalue weighted by molar-refractivity contribution is -0.384. The number of rotatable bonds is 10. The highest BCUT2D eigenvalue weighted by Gasteiger charge is 2.25. The molecule has 0 saturated carbocycles. The van der Waals surface area contributed by atoms with Gasteiger partial charge in [0.05, 0.1) is 28.2 Å². The summed E-state index contributed by atoms with van der Waals surface area (Å²) in [5.74, 6) is 0.149. The highest BCUT2D eigenvalue weighted by Crippen LogP contribution is 2.45. The van der Waals surface area contributed by atoms with E-state index in [-0.39, 0.29) is 34.8 Å². The number of hydrogen-bond acceptors (Lipinski definition) is 11. The third-order valence-corrected chi connectivity index (χ3v) is 6.08. The van der Waals surface area contributed by atoms with E-state index in [1.165, 1.54) is 43.1 Å². The Kier molecular flexibility index (Phi) is 6.71. The van der Waals surface area contributed by atoms with Crippen LogP contribution in [0.15, 0.2) is 71.4 Å². The first-order valence-electron chi connectivity index (χ1n) is 10.1. The highest BCUT2D eigenvalue weighted by atomic mass is 31.2. The second-order valence-electron chi connectivity index (χ2n) is 7.37. The van der Waals surface area contributed by atoms with Crippen molar-refractivity contribution < 1.29 is 28.1 Å². The number of nitro benzene ring substituents is 2. The Bertz CT molecular complexity index is 1410. The van der Waals surface area contributed by atoms with Gasteiger partial charge in [0.25, 0.3) is 5.69 Å². The van der Waals surface area contributed by atoms with Crippen LogP contribution in [0.2, 0.25) is 0 Å². The Balaban J connectivity index is 1.54. The topological polar surface area (TPSA) is 173 Å². The second kappa shape index (κ2) is 9.87. The van der Waals surface area contributed by atoms with E-state index in [0.29, 0.717) is 5.69 Å². The van der Waals surface area contributed by atoms with Gasteiger partial charge < -0.3 is 9.84 Å². The molecule has 2 atom stereocenters. The number of nitrogens with zero attached hydrogens (tertiary/aromatic N) is 4. The monoisotopic (exact) mass is 499 g/mol. The van der Waals surface area contributed by atoms with Gasteiger partial charge in [0.15, 0.2) is 5.52 Å². The number of non-ortho nitro benzene ring substituents is 2. The zero-order chi connectivity index (χ0) is 25.0. The molecular formula is C21H18N5O8P. The van der Waals surface area contributed by atoms with Crippen LogP contribution in [0.4, 0.5) is 17.1 Å². The van der Waals surface area contributed by atoms with Gasteiger partial charge in [0.1, 0.15) is 5.75 Å². The summed E-state index contributed by atoms with van der Waals surface area (Å²) in [5.41, 5.74) is 0.915. The largest absolute Gasteiger partial charge is 0.425 e. The van der Waals surface area contributed by atoms with Crippen LogP contribution in [0.3, 0.4) is 0 Å². The predicted molar refractivity (Wildman–Crippen MR) is 124 cm³/mol. The maximum atomic E-state index is 13.0. The third kappa shape index (κ3) is 5.60. The first-order chi connectivity index (χ1) is 16.7. The number of anilines is 1. The Hall–Kier alpha value is -4.35. The maximum Gasteiger partial charge on any atom is 0.376 e. The summed E-state index contributed by atoms with van der Waals surface area (Å²) >= 11 is 0. The number of fused-ring (bicyclic) bond motifs is 1. The van der Waals surface area contributed by atoms with Gasteiger partial charge in [-0.2, -0.15) is 0 Å². The molecule has 13 nitrogen and oxygen atoms in total. The van der Waals surface area contributed by atoms with E-state index in [9.17, 15) is 24.8 Å². The predicted octanol–water partition coefficient (Wildman–Crippen LogP) is 5.11. The second-order valence-corrected chi connectivity index (χ2v) is 9.35. The van der Waals surface area contributed by atoms with Crippen molar-refractivity contribution in [3.63, 3.8) is 0 Å². The summed E-state index contributed by atoms with van der Waals surface area (Å²) in [6, 6.07) is 16.4. The van der Waals surface area contributed by atoms with E-state index in [1.807, 2.05) is 30.3 Å². The molecule has 1 N–H and O–H groups in total. The van der Waals surface area contributed by atoms with E-state index in [1.54, 1.807) is 0 Å². The molecule has 1 aromatic heterocycles. The minimum Gasteiger partial charge on any atom is -0.425 e. The van der Waals surface area contributed by atoms with E-state index >= 15 is 0 Å². The first kappa shape index (κ1) is 23.8. The average Bonchev–Trinajstić information content (AvgIpc) is 3.32. The smallest absolute Gasteiger partial charge is 0.376 e. The van der Waals surface area contributed by atoms with Gasteiger partial charge in [-0.05, 0) is 34.1 Å². The fourth-order valence-electron chi connectivity index (χ4n) is 3.27. The molecule has 35 heavy (non-hydrogen) atoms. The molecule has 0 fully saturated rings. The molecule has 0 bridgehead atoms. The lowest BCUT2D eigenvalue weighted by Gasteiger charge is -2.23. The van der Waals surface area contributed by atoms with Crippen LogP contribution in [-0.4, -0.2) is 33.4 Å². The molecule has 1 heterocycles. The summed E-state index contributed by atoms with van der Waals surface area (Å²) in [5, 5.41) is 32.6. The Morgan fingerprint density at radius 1 is 0.971 bits per heavy atom. The standard InChI is InChI=1S/C21H18N5O8P/c1-35(31,33-16-9-7-15(8-10-16)25(27)28)32-13-18(14-5-3-2-4-6-14)22-17-11-12-19(26(29)30)21-20(17)23-34-24-21/h2-12,18,22H,13H2,1H3/t18-,35?/m1/s1. The minimum atomic E-state index is -3.64. The molecule has 0 saturated heterocycles. The van der Waals surface area contributed by atoms with Gasteiger partial charge in [-0.15, -0.1) is 0 Å². The zero-order valence-electron chi connectivity index (χ0n) is 18.1. The van der Waals surface area contributed by atoms with E-state index in [2.05, 4.69) is 15.6 Å². The van der Waals surface area contributed by atoms with Gasteiger partial charge in [0, 0.05) is 24.9 Å². The quantitative estimate of drug-likeness (QED) is 0.174. The molecule has 3 aromatic carbocycles. The maximum absolute atomic E-state index is 13.0. The molecule has 0 aliphatic heterocycles. The van der Waals surface area contributed by atoms with Crippen molar-refractivity contribution >= 4 is 35.7 Å². The van der Waals surface area contributed by atoms with Gasteiger partial charge in [-0.3, -0.25) is 24.8 Å². The third-order valence-electron chi connectivity index (χ3n) is 4.92. The summed E-state index contributed by atoms with van der Waals surface area (Å²) in [4.78, 5) is 20.9. The highest BCUT2D eigenvalue weighted by molar-refractivity contribution is 7.53. The lowest BCUT2D eigenvalue weighted by atomic mass is 10.1. The molecule has 0 spiro atoms. The van der Waals surface area contributed by atoms with E-state index < -0.39 is 23.5 Å². The van der Waals surface area contributed by atoms with Gasteiger partial charge in [-0.1, -0.05) is 30.3 Å². The summed E-state index contributed by atoms with van der Waals surface area (Å²) in [7, 11) is -3.64. The molecule has 0 aliphatic carbocycles. The average molecular weight is 499 g/mol. The Morgan fingerprint density at radius 3 is 2.31 bits per heavy atom. The van der Waals surface area contributed by atoms with Crippen molar-refractivity contribution in [3.05, 3.63) is 92.5 Å². The molecule has 1 unspecified atom stereocenters. The van der Waals surface area contributed by atoms with Crippen molar-refractivity contribution in [2.45, 2.75) is 6.04 Å². The molecule has 4 aromatic rings. The van der Waals surface area contributed by atoms with E-state index in [4.69, 9.17) is 13.7 Å². The summed E-state index contributed by atoms with van der Waals surface area (Å²) in [6.45, 7) is 1.16. The first-order valence-corrected chi connectivity index (χ1v) is 12.1. The normalized spacial score (nSPS) is 13.6.